The summed E-state index contributed by atoms with van der Waals surface area (Å²) in [6.45, 7) is 9.24. The lowest BCUT2D eigenvalue weighted by Gasteiger charge is -2.14. The molecule has 0 atom stereocenters. The molecule has 0 saturated heterocycles. The van der Waals surface area contributed by atoms with Crippen LogP contribution < -0.4 is 0 Å². The smallest absolute Gasteiger partial charge is 0.0628 e. The fourth-order valence-corrected chi connectivity index (χ4v) is 5.68. The topological polar surface area (TPSA) is 0 Å². The minimum atomic E-state index is -1.18. The van der Waals surface area contributed by atoms with E-state index in [1.807, 2.05) is 0 Å². The predicted octanol–water partition coefficient (Wildman–Crippen LogP) is 7.13. The van der Waals surface area contributed by atoms with Gasteiger partial charge in [0, 0.05) is 24.5 Å². The summed E-state index contributed by atoms with van der Waals surface area (Å²) in [6.07, 6.45) is 13.4. The average Bonchev–Trinajstić information content (AvgIpc) is 2.27. The van der Waals surface area contributed by atoms with Crippen molar-refractivity contribution in [3.05, 3.63) is 0 Å². The van der Waals surface area contributed by atoms with E-state index >= 15 is 0 Å². The highest BCUT2D eigenvalue weighted by Gasteiger charge is 2.27. The molecule has 116 valence electrons. The van der Waals surface area contributed by atoms with Crippen molar-refractivity contribution in [1.29, 1.82) is 0 Å². The van der Waals surface area contributed by atoms with Crippen molar-refractivity contribution in [2.75, 3.05) is 12.3 Å². The van der Waals surface area contributed by atoms with Crippen molar-refractivity contribution in [2.24, 2.45) is 11.8 Å². The van der Waals surface area contributed by atoms with Crippen LogP contribution in [0.25, 0.3) is 0 Å². The molecule has 0 fully saturated rings. The van der Waals surface area contributed by atoms with Crippen molar-refractivity contribution in [3.63, 3.8) is 0 Å². The van der Waals surface area contributed by atoms with E-state index in [1.165, 1.54) is 63.7 Å². The zero-order valence-corrected chi connectivity index (χ0v) is 16.3. The van der Waals surface area contributed by atoms with Gasteiger partial charge in [-0.15, -0.1) is 0 Å². The number of thiol groups is 2. The third-order valence-corrected chi connectivity index (χ3v) is 8.06. The van der Waals surface area contributed by atoms with Gasteiger partial charge in [-0.05, 0) is 37.5 Å². The first-order valence-corrected chi connectivity index (χ1v) is 12.6. The minimum absolute atomic E-state index is 0.854. The van der Waals surface area contributed by atoms with Crippen LogP contribution in [0.4, 0.5) is 0 Å². The van der Waals surface area contributed by atoms with Crippen LogP contribution in [0.5, 0.6) is 0 Å². The fourth-order valence-electron chi connectivity index (χ4n) is 2.30. The molecule has 0 N–H and O–H groups in total. The van der Waals surface area contributed by atoms with Crippen LogP contribution in [0.2, 0.25) is 0 Å². The highest BCUT2D eigenvalue weighted by Crippen LogP contribution is 2.68. The molecule has 19 heavy (non-hydrogen) atoms. The summed E-state index contributed by atoms with van der Waals surface area (Å²) in [4.78, 5) is 0. The molecule has 0 saturated carbocycles. The van der Waals surface area contributed by atoms with Crippen molar-refractivity contribution in [3.8, 4) is 0 Å². The van der Waals surface area contributed by atoms with Crippen molar-refractivity contribution >= 4 is 30.2 Å². The SMILES string of the molecule is CC(C)CCCCC[P+](S)(S)CCCCCC(C)C. The van der Waals surface area contributed by atoms with E-state index in [0.29, 0.717) is 0 Å². The maximum atomic E-state index is 4.85. The Morgan fingerprint density at radius 1 is 0.632 bits per heavy atom. The summed E-state index contributed by atoms with van der Waals surface area (Å²) in [6, 6.07) is 0. The number of hydrogen-bond acceptors (Lipinski definition) is 2. The zero-order valence-electron chi connectivity index (χ0n) is 13.6. The Labute approximate surface area is 133 Å². The van der Waals surface area contributed by atoms with Crippen LogP contribution in [-0.2, 0) is 0 Å². The van der Waals surface area contributed by atoms with E-state index in [1.54, 1.807) is 0 Å². The van der Waals surface area contributed by atoms with E-state index in [2.05, 4.69) is 27.7 Å². The Balaban J connectivity index is 3.46. The molecule has 0 unspecified atom stereocenters. The molecular weight excluding hydrogens is 287 g/mol. The Morgan fingerprint density at radius 3 is 1.32 bits per heavy atom. The molecule has 3 heteroatoms. The highest BCUT2D eigenvalue weighted by atomic mass is 33.1. The monoisotopic (exact) mass is 323 g/mol. The largest absolute Gasteiger partial charge is 0.126 e. The van der Waals surface area contributed by atoms with E-state index < -0.39 is 5.67 Å². The first-order chi connectivity index (χ1) is 8.83. The van der Waals surface area contributed by atoms with Crippen LogP contribution in [0.3, 0.4) is 0 Å². The molecule has 0 nitrogen and oxygen atoms in total. The summed E-state index contributed by atoms with van der Waals surface area (Å²) in [5.41, 5.74) is -1.18. The van der Waals surface area contributed by atoms with E-state index in [-0.39, 0.29) is 0 Å². The van der Waals surface area contributed by atoms with Gasteiger partial charge in [-0.2, -0.15) is 0 Å². The van der Waals surface area contributed by atoms with Gasteiger partial charge in [-0.3, -0.25) is 0 Å². The second kappa shape index (κ2) is 11.8. The van der Waals surface area contributed by atoms with Crippen molar-refractivity contribution < 1.29 is 0 Å². The van der Waals surface area contributed by atoms with E-state index in [0.717, 1.165) is 11.8 Å². The van der Waals surface area contributed by atoms with Crippen molar-refractivity contribution in [1.82, 2.24) is 0 Å². The zero-order chi connectivity index (χ0) is 14.7. The van der Waals surface area contributed by atoms with Gasteiger partial charge in [0.1, 0.15) is 5.67 Å². The minimum Gasteiger partial charge on any atom is -0.0628 e. The Morgan fingerprint density at radius 2 is 1.00 bits per heavy atom. The van der Waals surface area contributed by atoms with Gasteiger partial charge in [0.2, 0.25) is 0 Å². The quantitative estimate of drug-likeness (QED) is 0.213. The number of unbranched alkanes of at least 4 members (excludes halogenated alkanes) is 4. The summed E-state index contributed by atoms with van der Waals surface area (Å²) in [5, 5.41) is 0. The van der Waals surface area contributed by atoms with Gasteiger partial charge in [-0.25, -0.2) is 0 Å². The number of hydrogen-bond donors (Lipinski definition) is 2. The molecule has 0 amide bonds. The molecule has 0 spiro atoms. The molecule has 0 aromatic rings. The first-order valence-electron chi connectivity index (χ1n) is 8.16. The van der Waals surface area contributed by atoms with Crippen LogP contribution >= 0.6 is 30.2 Å². The second-order valence-electron chi connectivity index (χ2n) is 6.81. The molecule has 0 heterocycles. The molecule has 0 aliphatic rings. The van der Waals surface area contributed by atoms with Gasteiger partial charge >= 0.3 is 0 Å². The maximum Gasteiger partial charge on any atom is 0.126 e. The predicted molar refractivity (Wildman–Crippen MR) is 101 cm³/mol. The van der Waals surface area contributed by atoms with Gasteiger partial charge < -0.3 is 0 Å². The number of rotatable bonds is 12. The third-order valence-electron chi connectivity index (χ3n) is 3.60. The van der Waals surface area contributed by atoms with Gasteiger partial charge in [0.05, 0.1) is 12.3 Å². The molecule has 0 bridgehead atoms. The second-order valence-corrected chi connectivity index (χ2v) is 15.0. The Bertz CT molecular complexity index is 183. The van der Waals surface area contributed by atoms with E-state index in [4.69, 9.17) is 24.5 Å². The van der Waals surface area contributed by atoms with Crippen LogP contribution in [0.1, 0.15) is 79.1 Å². The molecule has 0 aliphatic heterocycles. The molecular formula is C16H36PS2+. The third kappa shape index (κ3) is 15.3. The molecule has 0 rings (SSSR count). The van der Waals surface area contributed by atoms with Crippen molar-refractivity contribution in [2.45, 2.75) is 79.1 Å². The fraction of sp³-hybridized carbons (Fsp3) is 1.00. The molecule has 0 aromatic heterocycles. The Hall–Kier alpha value is 1.13. The lowest BCUT2D eigenvalue weighted by atomic mass is 10.1. The standard InChI is InChI=1S/C16H36PS2/c1-15(2)11-7-5-9-13-17(18,19)14-10-6-8-12-16(3)4/h15-16,18-19H,5-14H2,1-4H3/q+1. The van der Waals surface area contributed by atoms with Gasteiger partial charge in [-0.1, -0.05) is 53.4 Å². The lowest BCUT2D eigenvalue weighted by molar-refractivity contribution is 0.533. The van der Waals surface area contributed by atoms with Crippen LogP contribution in [0, 0.1) is 11.8 Å². The summed E-state index contributed by atoms with van der Waals surface area (Å²) < 4.78 is 0. The van der Waals surface area contributed by atoms with E-state index in [9.17, 15) is 0 Å². The summed E-state index contributed by atoms with van der Waals surface area (Å²) in [7, 11) is 0. The lowest BCUT2D eigenvalue weighted by Crippen LogP contribution is -1.95. The molecule has 0 aliphatic carbocycles. The van der Waals surface area contributed by atoms with Gasteiger partial charge in [0.25, 0.3) is 0 Å². The summed E-state index contributed by atoms with van der Waals surface area (Å²) in [5.74, 6) is 1.71. The van der Waals surface area contributed by atoms with Gasteiger partial charge in [0.15, 0.2) is 0 Å². The maximum absolute atomic E-state index is 4.85. The normalized spacial score (nSPS) is 12.6. The highest BCUT2D eigenvalue weighted by molar-refractivity contribution is 8.85. The summed E-state index contributed by atoms with van der Waals surface area (Å²) >= 11 is 9.70. The molecule has 0 radical (unpaired) electrons. The van der Waals surface area contributed by atoms with Crippen LogP contribution in [-0.4, -0.2) is 12.3 Å². The van der Waals surface area contributed by atoms with Crippen LogP contribution in [0.15, 0.2) is 0 Å². The Kier molecular flexibility index (Phi) is 12.5. The average molecular weight is 324 g/mol. The molecule has 0 aromatic carbocycles. The first kappa shape index (κ1) is 20.1.